The van der Waals surface area contributed by atoms with E-state index in [1.54, 1.807) is 23.5 Å². The number of hydrogen-bond donors (Lipinski definition) is 1. The lowest BCUT2D eigenvalue weighted by molar-refractivity contribution is 0.0600. The summed E-state index contributed by atoms with van der Waals surface area (Å²) in [6, 6.07) is 7.66. The number of rotatable bonds is 6. The quantitative estimate of drug-likeness (QED) is 0.832. The standard InChI is InChI=1S/C16H20N2O2S/c1-4-14-10-18-15(21-14)11(2)17-9-12-5-7-13(8-6-12)16(19)20-3/h5-8,10-11,17H,4,9H2,1-3H3. The van der Waals surface area contributed by atoms with Crippen LogP contribution in [0, 0.1) is 0 Å². The molecule has 1 unspecified atom stereocenters. The Labute approximate surface area is 129 Å². The summed E-state index contributed by atoms with van der Waals surface area (Å²) in [5.41, 5.74) is 1.70. The van der Waals surface area contributed by atoms with E-state index in [1.165, 1.54) is 12.0 Å². The summed E-state index contributed by atoms with van der Waals surface area (Å²) >= 11 is 1.75. The third kappa shape index (κ3) is 4.12. The van der Waals surface area contributed by atoms with Crippen LogP contribution in [0.2, 0.25) is 0 Å². The summed E-state index contributed by atoms with van der Waals surface area (Å²) in [5, 5.41) is 4.56. The van der Waals surface area contributed by atoms with Crippen molar-refractivity contribution in [1.29, 1.82) is 0 Å². The molecule has 1 heterocycles. The zero-order chi connectivity index (χ0) is 15.2. The Balaban J connectivity index is 1.91. The smallest absolute Gasteiger partial charge is 0.337 e. The Morgan fingerprint density at radius 1 is 1.38 bits per heavy atom. The number of aryl methyl sites for hydroxylation is 1. The van der Waals surface area contributed by atoms with E-state index in [1.807, 2.05) is 18.3 Å². The fourth-order valence-electron chi connectivity index (χ4n) is 1.92. The molecule has 1 N–H and O–H groups in total. The van der Waals surface area contributed by atoms with Crippen molar-refractivity contribution >= 4 is 17.3 Å². The molecule has 1 aromatic heterocycles. The van der Waals surface area contributed by atoms with Gasteiger partial charge in [-0.05, 0) is 31.0 Å². The number of nitrogens with one attached hydrogen (secondary N) is 1. The molecule has 2 rings (SSSR count). The van der Waals surface area contributed by atoms with Gasteiger partial charge in [0.25, 0.3) is 0 Å². The van der Waals surface area contributed by atoms with Gasteiger partial charge < -0.3 is 10.1 Å². The average Bonchev–Trinajstić information content (AvgIpc) is 3.01. The highest BCUT2D eigenvalue weighted by molar-refractivity contribution is 7.11. The minimum atomic E-state index is -0.308. The molecular weight excluding hydrogens is 284 g/mol. The van der Waals surface area contributed by atoms with Crippen LogP contribution in [0.5, 0.6) is 0 Å². The van der Waals surface area contributed by atoms with Gasteiger partial charge in [0.1, 0.15) is 5.01 Å². The zero-order valence-corrected chi connectivity index (χ0v) is 13.4. The minimum Gasteiger partial charge on any atom is -0.465 e. The second-order valence-electron chi connectivity index (χ2n) is 4.81. The molecule has 2 aromatic rings. The first kappa shape index (κ1) is 15.7. The molecule has 0 amide bonds. The van der Waals surface area contributed by atoms with Crippen LogP contribution in [0.4, 0.5) is 0 Å². The third-order valence-electron chi connectivity index (χ3n) is 3.28. The van der Waals surface area contributed by atoms with Crippen molar-refractivity contribution in [3.63, 3.8) is 0 Å². The van der Waals surface area contributed by atoms with E-state index in [-0.39, 0.29) is 12.0 Å². The molecule has 4 nitrogen and oxygen atoms in total. The van der Waals surface area contributed by atoms with Crippen LogP contribution in [0.15, 0.2) is 30.5 Å². The topological polar surface area (TPSA) is 51.2 Å². The van der Waals surface area contributed by atoms with Crippen molar-refractivity contribution < 1.29 is 9.53 Å². The highest BCUT2D eigenvalue weighted by atomic mass is 32.1. The molecule has 0 spiro atoms. The van der Waals surface area contributed by atoms with Crippen LogP contribution in [-0.4, -0.2) is 18.1 Å². The summed E-state index contributed by atoms with van der Waals surface area (Å²) in [6.45, 7) is 4.99. The molecule has 0 radical (unpaired) electrons. The normalized spacial score (nSPS) is 12.1. The van der Waals surface area contributed by atoms with Crippen LogP contribution in [0.25, 0.3) is 0 Å². The molecule has 1 aromatic carbocycles. The molecule has 112 valence electrons. The predicted octanol–water partition coefficient (Wildman–Crippen LogP) is 3.34. The number of carbonyl (C=O) groups excluding carboxylic acids is 1. The molecule has 0 fully saturated rings. The Morgan fingerprint density at radius 2 is 2.10 bits per heavy atom. The molecular formula is C16H20N2O2S. The fraction of sp³-hybridized carbons (Fsp3) is 0.375. The van der Waals surface area contributed by atoms with Gasteiger partial charge >= 0.3 is 5.97 Å². The summed E-state index contributed by atoms with van der Waals surface area (Å²) in [4.78, 5) is 17.1. The van der Waals surface area contributed by atoms with E-state index < -0.39 is 0 Å². The second kappa shape index (κ2) is 7.33. The number of benzene rings is 1. The molecule has 0 aliphatic heterocycles. The van der Waals surface area contributed by atoms with Gasteiger partial charge in [-0.3, -0.25) is 0 Å². The number of aromatic nitrogens is 1. The number of nitrogens with zero attached hydrogens (tertiary/aromatic N) is 1. The molecule has 0 saturated carbocycles. The van der Waals surface area contributed by atoms with Gasteiger partial charge in [-0.1, -0.05) is 19.1 Å². The monoisotopic (exact) mass is 304 g/mol. The van der Waals surface area contributed by atoms with Crippen LogP contribution >= 0.6 is 11.3 Å². The molecule has 0 aliphatic carbocycles. The predicted molar refractivity (Wildman–Crippen MR) is 84.5 cm³/mol. The summed E-state index contributed by atoms with van der Waals surface area (Å²) in [5.74, 6) is -0.308. The largest absolute Gasteiger partial charge is 0.465 e. The fourth-order valence-corrected chi connectivity index (χ4v) is 2.80. The summed E-state index contributed by atoms with van der Waals surface area (Å²) < 4.78 is 4.68. The molecule has 0 aliphatic rings. The van der Waals surface area contributed by atoms with Crippen molar-refractivity contribution in [3.05, 3.63) is 51.5 Å². The van der Waals surface area contributed by atoms with Gasteiger partial charge in [0.05, 0.1) is 18.7 Å². The van der Waals surface area contributed by atoms with E-state index >= 15 is 0 Å². The lowest BCUT2D eigenvalue weighted by Gasteiger charge is -2.11. The van der Waals surface area contributed by atoms with Crippen LogP contribution in [-0.2, 0) is 17.7 Å². The number of thiazole rings is 1. The second-order valence-corrected chi connectivity index (χ2v) is 5.96. The first-order valence-electron chi connectivity index (χ1n) is 6.99. The number of carbonyl (C=O) groups is 1. The Bertz CT molecular complexity index is 593. The summed E-state index contributed by atoms with van der Waals surface area (Å²) in [7, 11) is 1.39. The third-order valence-corrected chi connectivity index (χ3v) is 4.60. The molecule has 21 heavy (non-hydrogen) atoms. The van der Waals surface area contributed by atoms with Gasteiger partial charge in [0.2, 0.25) is 0 Å². The van der Waals surface area contributed by atoms with E-state index in [2.05, 4.69) is 28.9 Å². The molecule has 1 atom stereocenters. The lowest BCUT2D eigenvalue weighted by Crippen LogP contribution is -2.17. The number of methoxy groups -OCH3 is 1. The SMILES string of the molecule is CCc1cnc(C(C)NCc2ccc(C(=O)OC)cc2)s1. The number of ether oxygens (including phenoxy) is 1. The highest BCUT2D eigenvalue weighted by Crippen LogP contribution is 2.20. The first-order valence-corrected chi connectivity index (χ1v) is 7.81. The maximum Gasteiger partial charge on any atom is 0.337 e. The van der Waals surface area contributed by atoms with Crippen molar-refractivity contribution in [2.24, 2.45) is 0 Å². The van der Waals surface area contributed by atoms with Crippen molar-refractivity contribution in [1.82, 2.24) is 10.3 Å². The number of esters is 1. The van der Waals surface area contributed by atoms with Gasteiger partial charge in [-0.25, -0.2) is 9.78 Å². The number of hydrogen-bond acceptors (Lipinski definition) is 5. The van der Waals surface area contributed by atoms with E-state index in [4.69, 9.17) is 0 Å². The summed E-state index contributed by atoms with van der Waals surface area (Å²) in [6.07, 6.45) is 2.97. The van der Waals surface area contributed by atoms with Crippen molar-refractivity contribution in [3.8, 4) is 0 Å². The van der Waals surface area contributed by atoms with Gasteiger partial charge in [-0.2, -0.15) is 0 Å². The van der Waals surface area contributed by atoms with Crippen LogP contribution in [0.1, 0.15) is 45.7 Å². The Morgan fingerprint density at radius 3 is 2.67 bits per heavy atom. The molecule has 0 bridgehead atoms. The van der Waals surface area contributed by atoms with Crippen LogP contribution in [0.3, 0.4) is 0 Å². The maximum atomic E-state index is 11.4. The first-order chi connectivity index (χ1) is 10.1. The Kier molecular flexibility index (Phi) is 5.47. The highest BCUT2D eigenvalue weighted by Gasteiger charge is 2.10. The average molecular weight is 304 g/mol. The van der Waals surface area contributed by atoms with E-state index in [0.29, 0.717) is 5.56 Å². The zero-order valence-electron chi connectivity index (χ0n) is 12.6. The van der Waals surface area contributed by atoms with Crippen LogP contribution < -0.4 is 5.32 Å². The minimum absolute atomic E-state index is 0.218. The van der Waals surface area contributed by atoms with E-state index in [9.17, 15) is 4.79 Å². The maximum absolute atomic E-state index is 11.4. The van der Waals surface area contributed by atoms with Crippen molar-refractivity contribution in [2.75, 3.05) is 7.11 Å². The lowest BCUT2D eigenvalue weighted by atomic mass is 10.1. The van der Waals surface area contributed by atoms with Crippen molar-refractivity contribution in [2.45, 2.75) is 32.9 Å². The van der Waals surface area contributed by atoms with Gasteiger partial charge in [-0.15, -0.1) is 11.3 Å². The molecule has 0 saturated heterocycles. The Hall–Kier alpha value is -1.72. The van der Waals surface area contributed by atoms with E-state index in [0.717, 1.165) is 23.5 Å². The van der Waals surface area contributed by atoms with Gasteiger partial charge in [0.15, 0.2) is 0 Å². The molecule has 5 heteroatoms. The van der Waals surface area contributed by atoms with Gasteiger partial charge in [0, 0.05) is 17.6 Å².